The first-order valence-corrected chi connectivity index (χ1v) is 7.69. The van der Waals surface area contributed by atoms with Gasteiger partial charge in [0.1, 0.15) is 5.75 Å². The highest BCUT2D eigenvalue weighted by Gasteiger charge is 2.38. The van der Waals surface area contributed by atoms with Crippen LogP contribution < -0.4 is 10.1 Å². The molecule has 2 atom stereocenters. The van der Waals surface area contributed by atoms with Gasteiger partial charge in [0.2, 0.25) is 0 Å². The Bertz CT molecular complexity index is 413. The summed E-state index contributed by atoms with van der Waals surface area (Å²) in [5, 5.41) is 3.67. The van der Waals surface area contributed by atoms with E-state index in [0.29, 0.717) is 6.04 Å². The van der Waals surface area contributed by atoms with Crippen molar-refractivity contribution in [2.75, 3.05) is 20.3 Å². The average Bonchev–Trinajstić information content (AvgIpc) is 2.91. The van der Waals surface area contributed by atoms with Crippen LogP contribution in [0.15, 0.2) is 24.3 Å². The van der Waals surface area contributed by atoms with Gasteiger partial charge in [-0.3, -0.25) is 0 Å². The number of ether oxygens (including phenoxy) is 2. The fourth-order valence-electron chi connectivity index (χ4n) is 2.99. The van der Waals surface area contributed by atoms with Crippen molar-refractivity contribution in [2.24, 2.45) is 0 Å². The molecule has 1 N–H and O–H groups in total. The molecule has 2 rings (SSSR count). The number of hydrogen-bond donors (Lipinski definition) is 1. The van der Waals surface area contributed by atoms with Gasteiger partial charge in [0.15, 0.2) is 0 Å². The lowest BCUT2D eigenvalue weighted by atomic mass is 9.88. The Morgan fingerprint density at radius 3 is 2.85 bits per heavy atom. The lowest BCUT2D eigenvalue weighted by molar-refractivity contribution is -0.0115. The second-order valence-corrected chi connectivity index (χ2v) is 5.79. The van der Waals surface area contributed by atoms with Crippen molar-refractivity contribution >= 4 is 0 Å². The normalized spacial score (nSPS) is 23.8. The van der Waals surface area contributed by atoms with E-state index in [4.69, 9.17) is 9.47 Å². The van der Waals surface area contributed by atoms with Crippen LogP contribution in [0.5, 0.6) is 5.75 Å². The molecule has 0 aromatic heterocycles. The number of hydrogen-bond acceptors (Lipinski definition) is 3. The molecular weight excluding hydrogens is 250 g/mol. The Labute approximate surface area is 122 Å². The highest BCUT2D eigenvalue weighted by molar-refractivity contribution is 5.34. The van der Waals surface area contributed by atoms with E-state index in [-0.39, 0.29) is 5.60 Å². The zero-order valence-electron chi connectivity index (χ0n) is 12.9. The van der Waals surface area contributed by atoms with E-state index in [9.17, 15) is 0 Å². The van der Waals surface area contributed by atoms with E-state index < -0.39 is 0 Å². The maximum atomic E-state index is 6.04. The summed E-state index contributed by atoms with van der Waals surface area (Å²) in [4.78, 5) is 0. The summed E-state index contributed by atoms with van der Waals surface area (Å²) in [6, 6.07) is 8.61. The molecule has 0 amide bonds. The Balaban J connectivity index is 2.14. The molecule has 20 heavy (non-hydrogen) atoms. The first-order valence-electron chi connectivity index (χ1n) is 7.69. The molecule has 0 spiro atoms. The number of nitrogens with one attached hydrogen (secondary N) is 1. The number of methoxy groups -OCH3 is 1. The fraction of sp³-hybridized carbons (Fsp3) is 0.647. The Morgan fingerprint density at radius 1 is 1.40 bits per heavy atom. The molecule has 0 aliphatic carbocycles. The number of rotatable bonds is 7. The van der Waals surface area contributed by atoms with Crippen molar-refractivity contribution in [3.8, 4) is 5.75 Å². The molecule has 0 saturated carbocycles. The summed E-state index contributed by atoms with van der Waals surface area (Å²) in [6.07, 6.45) is 4.37. The summed E-state index contributed by atoms with van der Waals surface area (Å²) < 4.78 is 11.5. The van der Waals surface area contributed by atoms with Crippen LogP contribution in [0.2, 0.25) is 0 Å². The van der Waals surface area contributed by atoms with Crippen molar-refractivity contribution in [1.82, 2.24) is 5.32 Å². The predicted molar refractivity (Wildman–Crippen MR) is 82.4 cm³/mol. The summed E-state index contributed by atoms with van der Waals surface area (Å²) >= 11 is 0. The van der Waals surface area contributed by atoms with Gasteiger partial charge in [-0.25, -0.2) is 0 Å². The Kier molecular flexibility index (Phi) is 5.44. The molecule has 0 bridgehead atoms. The van der Waals surface area contributed by atoms with Crippen LogP contribution in [0.1, 0.15) is 38.7 Å². The Hall–Kier alpha value is -1.06. The molecule has 112 valence electrons. The molecule has 1 aliphatic rings. The van der Waals surface area contributed by atoms with E-state index in [1.807, 2.05) is 12.1 Å². The molecule has 3 nitrogen and oxygen atoms in total. The molecule has 1 fully saturated rings. The molecule has 1 aliphatic heterocycles. The SMILES string of the molecule is CCCNC(Cc1ccccc1OC)C1(C)CCCO1. The van der Waals surface area contributed by atoms with Gasteiger partial charge in [-0.1, -0.05) is 25.1 Å². The smallest absolute Gasteiger partial charge is 0.122 e. The molecule has 1 aromatic carbocycles. The monoisotopic (exact) mass is 277 g/mol. The van der Waals surface area contributed by atoms with Crippen molar-refractivity contribution < 1.29 is 9.47 Å². The topological polar surface area (TPSA) is 30.5 Å². The molecule has 1 aromatic rings. The van der Waals surface area contributed by atoms with Gasteiger partial charge >= 0.3 is 0 Å². The summed E-state index contributed by atoms with van der Waals surface area (Å²) in [5.74, 6) is 0.970. The van der Waals surface area contributed by atoms with Crippen LogP contribution in [0.25, 0.3) is 0 Å². The molecule has 3 heteroatoms. The minimum atomic E-state index is -0.0595. The van der Waals surface area contributed by atoms with Crippen LogP contribution >= 0.6 is 0 Å². The highest BCUT2D eigenvalue weighted by atomic mass is 16.5. The highest BCUT2D eigenvalue weighted by Crippen LogP contribution is 2.32. The third-order valence-electron chi connectivity index (χ3n) is 4.24. The Morgan fingerprint density at radius 2 is 2.20 bits per heavy atom. The van der Waals surface area contributed by atoms with Gasteiger partial charge < -0.3 is 14.8 Å². The standard InChI is InChI=1S/C17H27NO2/c1-4-11-18-16(17(2)10-7-12-20-17)13-14-8-5-6-9-15(14)19-3/h5-6,8-9,16,18H,4,7,10-13H2,1-3H3. The molecule has 0 radical (unpaired) electrons. The van der Waals surface area contributed by atoms with Gasteiger partial charge in [-0.15, -0.1) is 0 Å². The zero-order valence-corrected chi connectivity index (χ0v) is 12.9. The van der Waals surface area contributed by atoms with Crippen LogP contribution in [-0.2, 0) is 11.2 Å². The van der Waals surface area contributed by atoms with Gasteiger partial charge in [0.05, 0.1) is 12.7 Å². The first kappa shape index (κ1) is 15.3. The lowest BCUT2D eigenvalue weighted by Crippen LogP contribution is -2.50. The van der Waals surface area contributed by atoms with Crippen molar-refractivity contribution in [1.29, 1.82) is 0 Å². The van der Waals surface area contributed by atoms with Crippen LogP contribution in [0.4, 0.5) is 0 Å². The first-order chi connectivity index (χ1) is 9.69. The molecule has 1 saturated heterocycles. The summed E-state index contributed by atoms with van der Waals surface area (Å²) in [7, 11) is 1.74. The van der Waals surface area contributed by atoms with Gasteiger partial charge in [-0.05, 0) is 50.8 Å². The van der Waals surface area contributed by atoms with E-state index in [1.54, 1.807) is 7.11 Å². The van der Waals surface area contributed by atoms with Crippen LogP contribution in [0.3, 0.4) is 0 Å². The quantitative estimate of drug-likeness (QED) is 0.830. The fourth-order valence-corrected chi connectivity index (χ4v) is 2.99. The largest absolute Gasteiger partial charge is 0.496 e. The minimum absolute atomic E-state index is 0.0595. The third kappa shape index (κ3) is 3.53. The van der Waals surface area contributed by atoms with E-state index in [2.05, 4.69) is 31.3 Å². The van der Waals surface area contributed by atoms with Crippen LogP contribution in [-0.4, -0.2) is 31.9 Å². The maximum Gasteiger partial charge on any atom is 0.122 e. The van der Waals surface area contributed by atoms with Gasteiger partial charge in [0, 0.05) is 12.6 Å². The van der Waals surface area contributed by atoms with Crippen molar-refractivity contribution in [2.45, 2.75) is 51.2 Å². The van der Waals surface area contributed by atoms with E-state index in [1.165, 1.54) is 5.56 Å². The second-order valence-electron chi connectivity index (χ2n) is 5.79. The molecular formula is C17H27NO2. The zero-order chi connectivity index (χ0) is 14.4. The van der Waals surface area contributed by atoms with Gasteiger partial charge in [0.25, 0.3) is 0 Å². The van der Waals surface area contributed by atoms with Crippen LogP contribution in [0, 0.1) is 0 Å². The summed E-state index contributed by atoms with van der Waals surface area (Å²) in [5.41, 5.74) is 1.19. The second kappa shape index (κ2) is 7.09. The maximum absolute atomic E-state index is 6.04. The minimum Gasteiger partial charge on any atom is -0.496 e. The molecule has 2 unspecified atom stereocenters. The average molecular weight is 277 g/mol. The molecule has 1 heterocycles. The third-order valence-corrected chi connectivity index (χ3v) is 4.24. The van der Waals surface area contributed by atoms with E-state index in [0.717, 1.165) is 44.6 Å². The lowest BCUT2D eigenvalue weighted by Gasteiger charge is -2.34. The van der Waals surface area contributed by atoms with Gasteiger partial charge in [-0.2, -0.15) is 0 Å². The van der Waals surface area contributed by atoms with E-state index >= 15 is 0 Å². The van der Waals surface area contributed by atoms with Crippen molar-refractivity contribution in [3.05, 3.63) is 29.8 Å². The number of para-hydroxylation sites is 1. The number of benzene rings is 1. The van der Waals surface area contributed by atoms with Crippen molar-refractivity contribution in [3.63, 3.8) is 0 Å². The summed E-state index contributed by atoms with van der Waals surface area (Å²) in [6.45, 7) is 6.35. The predicted octanol–water partition coefficient (Wildman–Crippen LogP) is 3.18.